The number of aromatic amines is 1. The number of H-pyrrole nitrogens is 1. The van der Waals surface area contributed by atoms with Crippen LogP contribution in [0.5, 0.6) is 0 Å². The molecule has 2 aromatic heterocycles. The standard InChI is InChI=1S/C13H17F2N5/c1-2-8-5-17-11-10(8)12(19-7-18-11)20-4-3-9(16)13(14,15)6-20/h5,7,9H,2-4,6,16H2,1H3,(H,17,18,19). The van der Waals surface area contributed by atoms with Crippen molar-refractivity contribution >= 4 is 16.9 Å². The lowest BCUT2D eigenvalue weighted by Crippen LogP contribution is -2.55. The summed E-state index contributed by atoms with van der Waals surface area (Å²) in [4.78, 5) is 13.0. The van der Waals surface area contributed by atoms with Gasteiger partial charge in [0.05, 0.1) is 18.0 Å². The first-order valence-electron chi connectivity index (χ1n) is 6.72. The fourth-order valence-corrected chi connectivity index (χ4v) is 2.67. The molecule has 1 fully saturated rings. The van der Waals surface area contributed by atoms with Gasteiger partial charge in [-0.1, -0.05) is 6.92 Å². The fraction of sp³-hybridized carbons (Fsp3) is 0.538. The summed E-state index contributed by atoms with van der Waals surface area (Å²) < 4.78 is 27.6. The quantitative estimate of drug-likeness (QED) is 0.879. The molecule has 1 aliphatic heterocycles. The number of halogens is 2. The number of nitrogens with one attached hydrogen (secondary N) is 1. The van der Waals surface area contributed by atoms with Gasteiger partial charge >= 0.3 is 0 Å². The van der Waals surface area contributed by atoms with Crippen molar-refractivity contribution in [3.05, 3.63) is 18.1 Å². The Balaban J connectivity index is 2.04. The first-order chi connectivity index (χ1) is 9.53. The predicted octanol–water partition coefficient (Wildman–Crippen LogP) is 1.69. The van der Waals surface area contributed by atoms with Crippen LogP contribution < -0.4 is 10.6 Å². The molecule has 0 saturated carbocycles. The van der Waals surface area contributed by atoms with E-state index in [9.17, 15) is 8.78 Å². The van der Waals surface area contributed by atoms with Gasteiger partial charge in [0.2, 0.25) is 0 Å². The fourth-order valence-electron chi connectivity index (χ4n) is 2.67. The van der Waals surface area contributed by atoms with Gasteiger partial charge in [-0.25, -0.2) is 18.7 Å². The van der Waals surface area contributed by atoms with E-state index in [1.165, 1.54) is 6.33 Å². The number of nitrogens with zero attached hydrogens (tertiary/aromatic N) is 3. The van der Waals surface area contributed by atoms with Crippen molar-refractivity contribution in [2.45, 2.75) is 31.7 Å². The lowest BCUT2D eigenvalue weighted by Gasteiger charge is -2.37. The van der Waals surface area contributed by atoms with Crippen molar-refractivity contribution in [1.82, 2.24) is 15.0 Å². The molecule has 7 heteroatoms. The molecule has 1 aliphatic rings. The molecule has 1 saturated heterocycles. The third kappa shape index (κ3) is 2.02. The van der Waals surface area contributed by atoms with E-state index in [1.54, 1.807) is 4.90 Å². The Morgan fingerprint density at radius 2 is 2.30 bits per heavy atom. The monoisotopic (exact) mass is 281 g/mol. The predicted molar refractivity (Wildman–Crippen MR) is 73.0 cm³/mol. The van der Waals surface area contributed by atoms with E-state index in [1.807, 2.05) is 13.1 Å². The van der Waals surface area contributed by atoms with Gasteiger partial charge in [-0.15, -0.1) is 0 Å². The molecule has 0 radical (unpaired) electrons. The van der Waals surface area contributed by atoms with Crippen LogP contribution >= 0.6 is 0 Å². The van der Waals surface area contributed by atoms with Crippen LogP contribution in [0, 0.1) is 0 Å². The molecule has 0 spiro atoms. The number of piperidine rings is 1. The average Bonchev–Trinajstić information content (AvgIpc) is 2.85. The van der Waals surface area contributed by atoms with E-state index in [0.29, 0.717) is 18.0 Å². The number of aromatic nitrogens is 3. The highest BCUT2D eigenvalue weighted by molar-refractivity contribution is 5.90. The molecule has 3 heterocycles. The van der Waals surface area contributed by atoms with E-state index < -0.39 is 18.5 Å². The zero-order valence-electron chi connectivity index (χ0n) is 11.2. The molecule has 3 rings (SSSR count). The van der Waals surface area contributed by atoms with E-state index in [4.69, 9.17) is 5.73 Å². The Labute approximate surface area is 115 Å². The molecule has 1 unspecified atom stereocenters. The molecule has 0 aliphatic carbocycles. The summed E-state index contributed by atoms with van der Waals surface area (Å²) in [5.41, 5.74) is 7.21. The van der Waals surface area contributed by atoms with Gasteiger partial charge in [0.1, 0.15) is 17.8 Å². The number of fused-ring (bicyclic) bond motifs is 1. The zero-order valence-corrected chi connectivity index (χ0v) is 11.2. The highest BCUT2D eigenvalue weighted by atomic mass is 19.3. The van der Waals surface area contributed by atoms with Gasteiger partial charge in [-0.3, -0.25) is 0 Å². The van der Waals surface area contributed by atoms with Gasteiger partial charge in [-0.05, 0) is 18.4 Å². The van der Waals surface area contributed by atoms with E-state index >= 15 is 0 Å². The van der Waals surface area contributed by atoms with Crippen molar-refractivity contribution in [3.8, 4) is 0 Å². The second-order valence-electron chi connectivity index (χ2n) is 5.17. The lowest BCUT2D eigenvalue weighted by molar-refractivity contribution is -0.0301. The van der Waals surface area contributed by atoms with Crippen LogP contribution in [0.3, 0.4) is 0 Å². The number of alkyl halides is 2. The Kier molecular flexibility index (Phi) is 3.08. The Hall–Kier alpha value is -1.76. The molecular formula is C13H17F2N5. The lowest BCUT2D eigenvalue weighted by atomic mass is 10.0. The topological polar surface area (TPSA) is 70.8 Å². The van der Waals surface area contributed by atoms with Crippen LogP contribution in [0.25, 0.3) is 11.0 Å². The zero-order chi connectivity index (χ0) is 14.3. The minimum Gasteiger partial charge on any atom is -0.350 e. The van der Waals surface area contributed by atoms with Gasteiger partial charge in [0, 0.05) is 12.7 Å². The summed E-state index contributed by atoms with van der Waals surface area (Å²) >= 11 is 0. The third-order valence-electron chi connectivity index (χ3n) is 3.87. The maximum Gasteiger partial charge on any atom is 0.280 e. The van der Waals surface area contributed by atoms with Gasteiger partial charge in [-0.2, -0.15) is 0 Å². The van der Waals surface area contributed by atoms with Gasteiger partial charge < -0.3 is 15.6 Å². The molecule has 0 aromatic carbocycles. The van der Waals surface area contributed by atoms with Crippen LogP contribution in [0.2, 0.25) is 0 Å². The Bertz CT molecular complexity index is 624. The second kappa shape index (κ2) is 4.66. The van der Waals surface area contributed by atoms with Gasteiger partial charge in [0.25, 0.3) is 5.92 Å². The summed E-state index contributed by atoms with van der Waals surface area (Å²) in [6.45, 7) is 2.10. The molecule has 2 aromatic rings. The van der Waals surface area contributed by atoms with Crippen LogP contribution in [-0.2, 0) is 6.42 Å². The number of hydrogen-bond donors (Lipinski definition) is 2. The van der Waals surface area contributed by atoms with Crippen molar-refractivity contribution in [2.75, 3.05) is 18.0 Å². The summed E-state index contributed by atoms with van der Waals surface area (Å²) in [5.74, 6) is -2.32. The molecule has 20 heavy (non-hydrogen) atoms. The van der Waals surface area contributed by atoms with Crippen molar-refractivity contribution in [1.29, 1.82) is 0 Å². The largest absolute Gasteiger partial charge is 0.350 e. The highest BCUT2D eigenvalue weighted by Gasteiger charge is 2.43. The maximum absolute atomic E-state index is 13.8. The molecular weight excluding hydrogens is 264 g/mol. The summed E-state index contributed by atoms with van der Waals surface area (Å²) in [7, 11) is 0. The number of anilines is 1. The first-order valence-corrected chi connectivity index (χ1v) is 6.72. The SMILES string of the molecule is CCc1c[nH]c2ncnc(N3CCC(N)C(F)(F)C3)c12. The van der Waals surface area contributed by atoms with Crippen LogP contribution in [-0.4, -0.2) is 40.0 Å². The molecule has 5 nitrogen and oxygen atoms in total. The third-order valence-corrected chi connectivity index (χ3v) is 3.87. The molecule has 1 atom stereocenters. The average molecular weight is 281 g/mol. The van der Waals surface area contributed by atoms with Crippen molar-refractivity contribution in [2.24, 2.45) is 5.73 Å². The summed E-state index contributed by atoms with van der Waals surface area (Å²) in [5, 5.41) is 0.835. The number of rotatable bonds is 2. The minimum atomic E-state index is -2.89. The summed E-state index contributed by atoms with van der Waals surface area (Å²) in [6.07, 6.45) is 4.31. The minimum absolute atomic E-state index is 0.254. The molecule has 3 N–H and O–H groups in total. The van der Waals surface area contributed by atoms with E-state index in [0.717, 1.165) is 17.4 Å². The maximum atomic E-state index is 13.8. The second-order valence-corrected chi connectivity index (χ2v) is 5.17. The van der Waals surface area contributed by atoms with Crippen LogP contribution in [0.4, 0.5) is 14.6 Å². The van der Waals surface area contributed by atoms with Crippen molar-refractivity contribution < 1.29 is 8.78 Å². The van der Waals surface area contributed by atoms with Crippen molar-refractivity contribution in [3.63, 3.8) is 0 Å². The number of nitrogens with two attached hydrogens (primary N) is 1. The number of hydrogen-bond acceptors (Lipinski definition) is 4. The number of aryl methyl sites for hydroxylation is 1. The van der Waals surface area contributed by atoms with Crippen LogP contribution in [0.15, 0.2) is 12.5 Å². The van der Waals surface area contributed by atoms with Crippen LogP contribution in [0.1, 0.15) is 18.9 Å². The van der Waals surface area contributed by atoms with E-state index in [2.05, 4.69) is 15.0 Å². The normalized spacial score (nSPS) is 22.4. The Morgan fingerprint density at radius 3 is 3.00 bits per heavy atom. The Morgan fingerprint density at radius 1 is 1.50 bits per heavy atom. The molecule has 0 amide bonds. The highest BCUT2D eigenvalue weighted by Crippen LogP contribution is 2.33. The van der Waals surface area contributed by atoms with Gasteiger partial charge in [0.15, 0.2) is 0 Å². The molecule has 108 valence electrons. The molecule has 0 bridgehead atoms. The van der Waals surface area contributed by atoms with E-state index in [-0.39, 0.29) is 6.42 Å². The first kappa shape index (κ1) is 13.2. The summed E-state index contributed by atoms with van der Waals surface area (Å²) in [6, 6.07) is -1.08. The smallest absolute Gasteiger partial charge is 0.280 e.